The third-order valence-corrected chi connectivity index (χ3v) is 16.0. The number of hydrogen-bond acceptors (Lipinski definition) is 0. The van der Waals surface area contributed by atoms with Gasteiger partial charge in [-0.05, 0) is 0 Å². The van der Waals surface area contributed by atoms with Gasteiger partial charge in [-0.15, -0.1) is 0 Å². The summed E-state index contributed by atoms with van der Waals surface area (Å²) in [5, 5.41) is 1.67. The Bertz CT molecular complexity index is 931. The summed E-state index contributed by atoms with van der Waals surface area (Å²) in [6, 6.07) is 18.3. The van der Waals surface area contributed by atoms with Crippen molar-refractivity contribution in [2.24, 2.45) is 0 Å². The summed E-state index contributed by atoms with van der Waals surface area (Å²) in [6.07, 6.45) is 6.40. The van der Waals surface area contributed by atoms with Crippen LogP contribution in [0.25, 0.3) is 11.1 Å². The zero-order valence-corrected chi connectivity index (χ0v) is 22.3. The van der Waals surface area contributed by atoms with Gasteiger partial charge in [0.1, 0.15) is 0 Å². The van der Waals surface area contributed by atoms with E-state index in [0.717, 1.165) is 0 Å². The van der Waals surface area contributed by atoms with E-state index in [1.54, 1.807) is 22.8 Å². The zero-order valence-electron chi connectivity index (χ0n) is 17.3. The minimum absolute atomic E-state index is 0. The average molecular weight is 507 g/mol. The molecule has 2 aromatic carbocycles. The van der Waals surface area contributed by atoms with Crippen LogP contribution >= 0.6 is 0 Å². The molecule has 2 aliphatic carbocycles. The fourth-order valence-corrected chi connectivity index (χ4v) is 14.4. The van der Waals surface area contributed by atoms with Crippen molar-refractivity contribution in [2.45, 2.75) is 43.5 Å². The van der Waals surface area contributed by atoms with Crippen molar-refractivity contribution in [2.75, 3.05) is 0 Å². The van der Waals surface area contributed by atoms with Gasteiger partial charge in [0.15, 0.2) is 0 Å². The Labute approximate surface area is 191 Å². The van der Waals surface area contributed by atoms with E-state index in [1.807, 2.05) is 0 Å². The van der Waals surface area contributed by atoms with Gasteiger partial charge in [0.2, 0.25) is 0 Å². The van der Waals surface area contributed by atoms with Gasteiger partial charge in [-0.1, -0.05) is 0 Å². The molecule has 0 spiro atoms. The maximum absolute atomic E-state index is 2.64. The Kier molecular flexibility index (Phi) is 7.71. The Morgan fingerprint density at radius 2 is 1.36 bits per heavy atom. The molecule has 0 unspecified atom stereocenters. The van der Waals surface area contributed by atoms with Crippen LogP contribution in [-0.2, 0) is 21.3 Å². The minimum atomic E-state index is -1.97. The maximum Gasteiger partial charge on any atom is -1.00 e. The first kappa shape index (κ1) is 23.7. The largest absolute Gasteiger partial charge is 1.00 e. The molecular weight excluding hydrogens is 478 g/mol. The molecule has 0 nitrogen and oxygen atoms in total. The molecule has 0 amide bonds. The summed E-state index contributed by atoms with van der Waals surface area (Å²) in [5.74, 6) is 0. The van der Waals surface area contributed by atoms with Crippen LogP contribution in [0.1, 0.15) is 35.0 Å². The van der Waals surface area contributed by atoms with E-state index >= 15 is 0 Å². The second-order valence-corrected chi connectivity index (χ2v) is 21.4. The quantitative estimate of drug-likeness (QED) is 0.538. The van der Waals surface area contributed by atoms with Gasteiger partial charge in [0.25, 0.3) is 0 Å². The van der Waals surface area contributed by atoms with E-state index in [9.17, 15) is 0 Å². The van der Waals surface area contributed by atoms with Crippen LogP contribution in [0.15, 0.2) is 69.2 Å². The van der Waals surface area contributed by atoms with Crippen LogP contribution in [0.4, 0.5) is 0 Å². The number of benzene rings is 2. The van der Waals surface area contributed by atoms with E-state index in [1.165, 1.54) is 17.5 Å². The molecule has 0 saturated heterocycles. The summed E-state index contributed by atoms with van der Waals surface area (Å²) in [4.78, 5) is 0. The van der Waals surface area contributed by atoms with Gasteiger partial charge in [0.05, 0.1) is 0 Å². The summed E-state index contributed by atoms with van der Waals surface area (Å²) < 4.78 is 4.18. The van der Waals surface area contributed by atoms with Gasteiger partial charge >= 0.3 is 167 Å². The molecule has 0 atom stereocenters. The fourth-order valence-electron chi connectivity index (χ4n) is 4.50. The van der Waals surface area contributed by atoms with Crippen LogP contribution in [0.5, 0.6) is 0 Å². The molecule has 28 heavy (non-hydrogen) atoms. The summed E-state index contributed by atoms with van der Waals surface area (Å²) in [6.45, 7) is 12.2. The SMILES string of the molecule is C[C](C)=[Zr+2]([C]1=CC([Si](C)(C)C)=CC1)[CH]1c2ccccc2-c2ccccc21.[Cl-].[Cl-]. The smallest absolute Gasteiger partial charge is 1.00 e. The third-order valence-electron chi connectivity index (χ3n) is 5.74. The van der Waals surface area contributed by atoms with E-state index in [2.05, 4.69) is 94.2 Å². The molecular formula is C24H28Cl2SiZr. The normalized spacial score (nSPS) is 14.6. The van der Waals surface area contributed by atoms with Crippen LogP contribution in [0.3, 0.4) is 0 Å². The molecule has 4 heteroatoms. The fraction of sp³-hybridized carbons (Fsp3) is 0.292. The Hall–Kier alpha value is -0.530. The minimum Gasteiger partial charge on any atom is -1.00 e. The summed E-state index contributed by atoms with van der Waals surface area (Å²) in [7, 11) is -1.22. The van der Waals surface area contributed by atoms with Crippen molar-refractivity contribution < 1.29 is 46.1 Å². The van der Waals surface area contributed by atoms with Gasteiger partial charge < -0.3 is 24.8 Å². The van der Waals surface area contributed by atoms with Crippen molar-refractivity contribution in [1.82, 2.24) is 0 Å². The standard InChI is InChI=1S/C13H9.C8H13Si.C3H6.2ClH.Zr/c1-3-7-12-10(5-1)9-11-6-2-4-8-13(11)12;1-9(2,3)8-6-4-5-7-8;1-3-2;;;/h1-9H;6-7H,4H2,1-3H3;1-2H3;2*1H;/q;;;;;+2/p-2. The Morgan fingerprint density at radius 1 is 0.857 bits per heavy atom. The number of hydrogen-bond donors (Lipinski definition) is 0. The van der Waals surface area contributed by atoms with E-state index in [0.29, 0.717) is 3.63 Å². The predicted octanol–water partition coefficient (Wildman–Crippen LogP) is 0.686. The van der Waals surface area contributed by atoms with Crippen molar-refractivity contribution in [3.05, 3.63) is 80.3 Å². The third kappa shape index (κ3) is 4.17. The van der Waals surface area contributed by atoms with E-state index in [-0.39, 0.29) is 24.8 Å². The van der Waals surface area contributed by atoms with Gasteiger partial charge in [-0.25, -0.2) is 0 Å². The van der Waals surface area contributed by atoms with Crippen molar-refractivity contribution >= 4 is 11.3 Å². The second-order valence-electron chi connectivity index (χ2n) is 8.80. The molecule has 0 fully saturated rings. The van der Waals surface area contributed by atoms with Crippen LogP contribution < -0.4 is 24.8 Å². The first-order valence-corrected chi connectivity index (χ1v) is 17.0. The number of rotatable bonds is 3. The number of halogens is 2. The maximum atomic E-state index is 2.64. The Morgan fingerprint density at radius 3 is 1.79 bits per heavy atom. The molecule has 0 heterocycles. The van der Waals surface area contributed by atoms with Crippen LogP contribution in [0.2, 0.25) is 19.6 Å². The molecule has 0 radical (unpaired) electrons. The molecule has 2 aliphatic rings. The molecule has 0 aromatic heterocycles. The molecule has 0 saturated carbocycles. The van der Waals surface area contributed by atoms with Gasteiger partial charge in [-0.3, -0.25) is 0 Å². The van der Waals surface area contributed by atoms with Gasteiger partial charge in [0, 0.05) is 0 Å². The summed E-state index contributed by atoms with van der Waals surface area (Å²) >= 11 is -1.97. The molecule has 0 aliphatic heterocycles. The monoisotopic (exact) mass is 504 g/mol. The number of allylic oxidation sites excluding steroid dienone is 4. The zero-order chi connectivity index (χ0) is 18.5. The number of fused-ring (bicyclic) bond motifs is 3. The van der Waals surface area contributed by atoms with Crippen molar-refractivity contribution in [3.63, 3.8) is 0 Å². The van der Waals surface area contributed by atoms with Gasteiger partial charge in [-0.2, -0.15) is 0 Å². The molecule has 0 N–H and O–H groups in total. The average Bonchev–Trinajstić information content (AvgIpc) is 3.20. The van der Waals surface area contributed by atoms with Crippen LogP contribution in [0, 0.1) is 0 Å². The van der Waals surface area contributed by atoms with Crippen molar-refractivity contribution in [1.29, 1.82) is 0 Å². The summed E-state index contributed by atoms with van der Waals surface area (Å²) in [5.41, 5.74) is 6.13. The van der Waals surface area contributed by atoms with Crippen LogP contribution in [-0.4, -0.2) is 11.3 Å². The first-order chi connectivity index (χ1) is 12.4. The molecule has 0 bridgehead atoms. The first-order valence-electron chi connectivity index (χ1n) is 9.65. The molecule has 2 aromatic rings. The molecule has 4 rings (SSSR count). The molecule has 146 valence electrons. The van der Waals surface area contributed by atoms with Crippen molar-refractivity contribution in [3.8, 4) is 11.1 Å². The van der Waals surface area contributed by atoms with E-state index < -0.39 is 29.3 Å². The second kappa shape index (κ2) is 9.09. The van der Waals surface area contributed by atoms with E-state index in [4.69, 9.17) is 0 Å². The predicted molar refractivity (Wildman–Crippen MR) is 114 cm³/mol. The topological polar surface area (TPSA) is 0 Å². The Balaban J connectivity index is 0.00000140.